The van der Waals surface area contributed by atoms with Gasteiger partial charge in [0, 0.05) is 36.4 Å². The van der Waals surface area contributed by atoms with Gasteiger partial charge in [-0.05, 0) is 69.7 Å². The van der Waals surface area contributed by atoms with Crippen LogP contribution >= 0.6 is 0 Å². The Labute approximate surface area is 188 Å². The van der Waals surface area contributed by atoms with Gasteiger partial charge in [0.1, 0.15) is 11.4 Å². The van der Waals surface area contributed by atoms with Gasteiger partial charge in [0.05, 0.1) is 18.2 Å². The average Bonchev–Trinajstić information content (AvgIpc) is 2.76. The molecule has 0 aliphatic carbocycles. The molecule has 6 heteroatoms. The Balaban J connectivity index is 2.05. The molecule has 32 heavy (non-hydrogen) atoms. The van der Waals surface area contributed by atoms with E-state index in [2.05, 4.69) is 4.98 Å². The number of carbonyl (C=O) groups is 2. The molecule has 0 amide bonds. The number of Topliss-reactive ketones (excluding diaryl/α,β-unsaturated/α-hetero) is 1. The molecule has 1 aromatic heterocycles. The summed E-state index contributed by atoms with van der Waals surface area (Å²) in [4.78, 5) is 30.8. The van der Waals surface area contributed by atoms with Crippen LogP contribution in [0.5, 0.6) is 5.75 Å². The zero-order valence-corrected chi connectivity index (χ0v) is 19.1. The summed E-state index contributed by atoms with van der Waals surface area (Å²) in [7, 11) is 1.54. The maximum atomic E-state index is 12.6. The summed E-state index contributed by atoms with van der Waals surface area (Å²) in [5.41, 5.74) is 3.00. The third kappa shape index (κ3) is 5.72. The Morgan fingerprint density at radius 3 is 2.38 bits per heavy atom. The Hall–Kier alpha value is -3.67. The molecule has 0 saturated carbocycles. The molecule has 0 radical (unpaired) electrons. The van der Waals surface area contributed by atoms with Crippen LogP contribution in [-0.4, -0.2) is 29.4 Å². The molecule has 0 spiro atoms. The summed E-state index contributed by atoms with van der Waals surface area (Å²) in [5, 5.41) is 0. The lowest BCUT2D eigenvalue weighted by molar-refractivity contribution is 0.00694. The molecule has 0 aliphatic rings. The lowest BCUT2D eigenvalue weighted by Crippen LogP contribution is -2.24. The fourth-order valence-corrected chi connectivity index (χ4v) is 3.28. The van der Waals surface area contributed by atoms with E-state index in [1.165, 1.54) is 6.92 Å². The van der Waals surface area contributed by atoms with Crippen LogP contribution in [0.2, 0.25) is 0 Å². The normalized spacial score (nSPS) is 11.0. The summed E-state index contributed by atoms with van der Waals surface area (Å²) in [6.45, 7) is 7.54. The lowest BCUT2D eigenvalue weighted by atomic mass is 10.1. The third-order valence-corrected chi connectivity index (χ3v) is 4.73. The van der Waals surface area contributed by atoms with Gasteiger partial charge in [0.25, 0.3) is 0 Å². The molecule has 3 aromatic rings. The zero-order valence-electron chi connectivity index (χ0n) is 19.1. The van der Waals surface area contributed by atoms with Gasteiger partial charge in [0.2, 0.25) is 0 Å². The van der Waals surface area contributed by atoms with E-state index in [1.807, 2.05) is 62.1 Å². The SMILES string of the molecule is COc1cc(N(Cc2cccnc2)c2cccc(C(=O)OC(C)(C)C)c2)ccc1C(C)=O. The molecular formula is C26H28N2O4. The smallest absolute Gasteiger partial charge is 0.338 e. The second kappa shape index (κ2) is 9.64. The van der Waals surface area contributed by atoms with Crippen LogP contribution < -0.4 is 9.64 Å². The number of esters is 1. The number of ether oxygens (including phenoxy) is 2. The molecular weight excluding hydrogens is 404 g/mol. The molecule has 1 heterocycles. The van der Waals surface area contributed by atoms with E-state index in [-0.39, 0.29) is 11.8 Å². The molecule has 0 aliphatic heterocycles. The number of carbonyl (C=O) groups excluding carboxylic acids is 2. The minimum Gasteiger partial charge on any atom is -0.496 e. The first kappa shape index (κ1) is 23.0. The number of ketones is 1. The Bertz CT molecular complexity index is 1100. The second-order valence-electron chi connectivity index (χ2n) is 8.44. The number of rotatable bonds is 7. The topological polar surface area (TPSA) is 68.7 Å². The van der Waals surface area contributed by atoms with Crippen molar-refractivity contribution in [2.24, 2.45) is 0 Å². The minimum absolute atomic E-state index is 0.0702. The van der Waals surface area contributed by atoms with Gasteiger partial charge in [-0.1, -0.05) is 12.1 Å². The van der Waals surface area contributed by atoms with Gasteiger partial charge in [-0.2, -0.15) is 0 Å². The average molecular weight is 433 g/mol. The molecule has 0 unspecified atom stereocenters. The Morgan fingerprint density at radius 2 is 1.75 bits per heavy atom. The number of aromatic nitrogens is 1. The summed E-state index contributed by atoms with van der Waals surface area (Å²) in [5.74, 6) is 0.0406. The van der Waals surface area contributed by atoms with Crippen molar-refractivity contribution < 1.29 is 19.1 Å². The molecule has 0 fully saturated rings. The first-order valence-electron chi connectivity index (χ1n) is 10.4. The Morgan fingerprint density at radius 1 is 1.00 bits per heavy atom. The van der Waals surface area contributed by atoms with E-state index < -0.39 is 5.60 Å². The first-order valence-corrected chi connectivity index (χ1v) is 10.4. The van der Waals surface area contributed by atoms with E-state index >= 15 is 0 Å². The molecule has 0 N–H and O–H groups in total. The van der Waals surface area contributed by atoms with Gasteiger partial charge in [-0.25, -0.2) is 4.79 Å². The van der Waals surface area contributed by atoms with Crippen molar-refractivity contribution in [3.63, 3.8) is 0 Å². The lowest BCUT2D eigenvalue weighted by Gasteiger charge is -2.27. The van der Waals surface area contributed by atoms with Crippen LogP contribution in [0.25, 0.3) is 0 Å². The highest BCUT2D eigenvalue weighted by atomic mass is 16.6. The molecule has 166 valence electrons. The largest absolute Gasteiger partial charge is 0.496 e. The van der Waals surface area contributed by atoms with E-state index in [0.29, 0.717) is 23.4 Å². The van der Waals surface area contributed by atoms with Gasteiger partial charge >= 0.3 is 5.97 Å². The quantitative estimate of drug-likeness (QED) is 0.358. The molecule has 2 aromatic carbocycles. The van der Waals surface area contributed by atoms with Gasteiger partial charge < -0.3 is 14.4 Å². The van der Waals surface area contributed by atoms with Crippen LogP contribution in [-0.2, 0) is 11.3 Å². The van der Waals surface area contributed by atoms with Gasteiger partial charge in [-0.3, -0.25) is 9.78 Å². The van der Waals surface area contributed by atoms with Crippen LogP contribution in [0.1, 0.15) is 54.0 Å². The van der Waals surface area contributed by atoms with Gasteiger partial charge in [0.15, 0.2) is 5.78 Å². The van der Waals surface area contributed by atoms with Crippen LogP contribution in [0.3, 0.4) is 0 Å². The van der Waals surface area contributed by atoms with Crippen molar-refractivity contribution in [2.45, 2.75) is 39.8 Å². The molecule has 0 saturated heterocycles. The molecule has 6 nitrogen and oxygen atoms in total. The van der Waals surface area contributed by atoms with Crippen LogP contribution in [0.4, 0.5) is 11.4 Å². The van der Waals surface area contributed by atoms with Crippen molar-refractivity contribution in [3.8, 4) is 5.75 Å². The highest BCUT2D eigenvalue weighted by Crippen LogP contribution is 2.33. The highest BCUT2D eigenvalue weighted by Gasteiger charge is 2.20. The number of hydrogen-bond acceptors (Lipinski definition) is 6. The number of nitrogens with zero attached hydrogens (tertiary/aromatic N) is 2. The van der Waals surface area contributed by atoms with E-state index in [4.69, 9.17) is 9.47 Å². The maximum Gasteiger partial charge on any atom is 0.338 e. The van der Waals surface area contributed by atoms with Crippen molar-refractivity contribution in [1.82, 2.24) is 4.98 Å². The van der Waals surface area contributed by atoms with E-state index in [0.717, 1.165) is 16.9 Å². The van der Waals surface area contributed by atoms with E-state index in [9.17, 15) is 9.59 Å². The number of pyridine rings is 1. The first-order chi connectivity index (χ1) is 15.2. The number of hydrogen-bond donors (Lipinski definition) is 0. The van der Waals surface area contributed by atoms with Crippen LogP contribution in [0.15, 0.2) is 67.0 Å². The fourth-order valence-electron chi connectivity index (χ4n) is 3.28. The maximum absolute atomic E-state index is 12.6. The van der Waals surface area contributed by atoms with Crippen molar-refractivity contribution in [3.05, 3.63) is 83.7 Å². The number of anilines is 2. The fraction of sp³-hybridized carbons (Fsp3) is 0.269. The predicted molar refractivity (Wildman–Crippen MR) is 125 cm³/mol. The minimum atomic E-state index is -0.585. The molecule has 0 bridgehead atoms. The number of methoxy groups -OCH3 is 1. The molecule has 0 atom stereocenters. The highest BCUT2D eigenvalue weighted by molar-refractivity contribution is 5.97. The monoisotopic (exact) mass is 432 g/mol. The Kier molecular flexibility index (Phi) is 6.93. The van der Waals surface area contributed by atoms with Crippen molar-refractivity contribution in [1.29, 1.82) is 0 Å². The summed E-state index contributed by atoms with van der Waals surface area (Å²) < 4.78 is 11.0. The molecule has 3 rings (SSSR count). The third-order valence-electron chi connectivity index (χ3n) is 4.73. The van der Waals surface area contributed by atoms with Crippen molar-refractivity contribution >= 4 is 23.1 Å². The summed E-state index contributed by atoms with van der Waals surface area (Å²) in [6.07, 6.45) is 3.52. The summed E-state index contributed by atoms with van der Waals surface area (Å²) in [6, 6.07) is 16.6. The predicted octanol–water partition coefficient (Wildman–Crippen LogP) is 5.59. The second-order valence-corrected chi connectivity index (χ2v) is 8.44. The zero-order chi connectivity index (χ0) is 23.3. The van der Waals surface area contributed by atoms with Crippen molar-refractivity contribution in [2.75, 3.05) is 12.0 Å². The van der Waals surface area contributed by atoms with E-state index in [1.54, 1.807) is 37.7 Å². The van der Waals surface area contributed by atoms with Crippen LogP contribution in [0, 0.1) is 0 Å². The summed E-state index contributed by atoms with van der Waals surface area (Å²) >= 11 is 0. The standard InChI is InChI=1S/C26H28N2O4/c1-18(29)23-12-11-22(15-24(23)31-5)28(17-19-8-7-13-27-16-19)21-10-6-9-20(14-21)25(30)32-26(2,3)4/h6-16H,17H2,1-5H3. The van der Waals surface area contributed by atoms with Gasteiger partial charge in [-0.15, -0.1) is 0 Å². The number of benzene rings is 2.